The van der Waals surface area contributed by atoms with Gasteiger partial charge in [-0.05, 0) is 60.9 Å². The summed E-state index contributed by atoms with van der Waals surface area (Å²) in [5, 5.41) is 11.5. The van der Waals surface area contributed by atoms with Crippen LogP contribution in [0.25, 0.3) is 0 Å². The molecule has 0 saturated heterocycles. The van der Waals surface area contributed by atoms with Crippen LogP contribution in [-0.2, 0) is 13.0 Å². The Balaban J connectivity index is 1.88. The zero-order valence-corrected chi connectivity index (χ0v) is 18.4. The number of ether oxygens (including phenoxy) is 2. The van der Waals surface area contributed by atoms with E-state index in [0.717, 1.165) is 16.7 Å². The summed E-state index contributed by atoms with van der Waals surface area (Å²) in [6.45, 7) is 6.58. The third kappa shape index (κ3) is 6.18. The fourth-order valence-electron chi connectivity index (χ4n) is 3.08. The zero-order chi connectivity index (χ0) is 22.9. The SMILES string of the molecule is C=CCc1cc(C=Nc2ccc([N+](=O)[O-])cc2)cc(OCC)c1OCc1cccc(Cl)c1. The molecule has 6 nitrogen and oxygen atoms in total. The van der Waals surface area contributed by atoms with Crippen molar-refractivity contribution in [3.63, 3.8) is 0 Å². The third-order valence-electron chi connectivity index (χ3n) is 4.51. The summed E-state index contributed by atoms with van der Waals surface area (Å²) in [6.07, 6.45) is 4.08. The first-order valence-corrected chi connectivity index (χ1v) is 10.4. The van der Waals surface area contributed by atoms with E-state index in [1.165, 1.54) is 12.1 Å². The number of halogens is 1. The molecule has 0 aliphatic heterocycles. The second kappa shape index (κ2) is 11.1. The smallest absolute Gasteiger partial charge is 0.269 e. The van der Waals surface area contributed by atoms with Crippen molar-refractivity contribution in [1.82, 2.24) is 0 Å². The van der Waals surface area contributed by atoms with Crippen LogP contribution in [0.5, 0.6) is 11.5 Å². The molecule has 0 fully saturated rings. The molecule has 7 heteroatoms. The monoisotopic (exact) mass is 450 g/mol. The molecule has 0 bridgehead atoms. The lowest BCUT2D eigenvalue weighted by atomic mass is 10.1. The van der Waals surface area contributed by atoms with Crippen LogP contribution in [0.3, 0.4) is 0 Å². The summed E-state index contributed by atoms with van der Waals surface area (Å²) in [6, 6.07) is 17.4. The minimum atomic E-state index is -0.439. The molecule has 32 heavy (non-hydrogen) atoms. The highest BCUT2D eigenvalue weighted by Gasteiger charge is 2.13. The van der Waals surface area contributed by atoms with Gasteiger partial charge >= 0.3 is 0 Å². The Bertz CT molecular complexity index is 1130. The molecule has 0 unspecified atom stereocenters. The van der Waals surface area contributed by atoms with E-state index in [9.17, 15) is 10.1 Å². The fraction of sp³-hybridized carbons (Fsp3) is 0.160. The Hall–Kier alpha value is -3.64. The van der Waals surface area contributed by atoms with Gasteiger partial charge in [0.15, 0.2) is 11.5 Å². The van der Waals surface area contributed by atoms with Gasteiger partial charge in [-0.1, -0.05) is 29.8 Å². The lowest BCUT2D eigenvalue weighted by Gasteiger charge is -2.17. The van der Waals surface area contributed by atoms with Crippen LogP contribution in [0.1, 0.15) is 23.6 Å². The second-order valence-corrected chi connectivity index (χ2v) is 7.32. The number of nitro benzene ring substituents is 1. The lowest BCUT2D eigenvalue weighted by Crippen LogP contribution is -2.04. The highest BCUT2D eigenvalue weighted by atomic mass is 35.5. The molecule has 3 aromatic carbocycles. The molecule has 3 rings (SSSR count). The normalized spacial score (nSPS) is 10.8. The molecule has 164 valence electrons. The molecule has 0 amide bonds. The average Bonchev–Trinajstić information content (AvgIpc) is 2.78. The number of hydrogen-bond acceptors (Lipinski definition) is 5. The third-order valence-corrected chi connectivity index (χ3v) is 4.75. The maximum atomic E-state index is 10.8. The molecule has 0 spiro atoms. The van der Waals surface area contributed by atoms with Crippen molar-refractivity contribution in [2.45, 2.75) is 20.0 Å². The van der Waals surface area contributed by atoms with Crippen LogP contribution in [0.15, 0.2) is 78.3 Å². The number of nitrogens with zero attached hydrogens (tertiary/aromatic N) is 2. The van der Waals surface area contributed by atoms with E-state index in [0.29, 0.717) is 41.8 Å². The Morgan fingerprint density at radius 1 is 1.12 bits per heavy atom. The summed E-state index contributed by atoms with van der Waals surface area (Å²) in [7, 11) is 0. The van der Waals surface area contributed by atoms with Gasteiger partial charge < -0.3 is 9.47 Å². The lowest BCUT2D eigenvalue weighted by molar-refractivity contribution is -0.384. The number of hydrogen-bond donors (Lipinski definition) is 0. The first kappa shape index (κ1) is 23.0. The molecule has 0 atom stereocenters. The van der Waals surface area contributed by atoms with E-state index in [2.05, 4.69) is 11.6 Å². The van der Waals surface area contributed by atoms with E-state index in [1.807, 2.05) is 43.3 Å². The van der Waals surface area contributed by atoms with Crippen molar-refractivity contribution in [3.05, 3.63) is 105 Å². The van der Waals surface area contributed by atoms with E-state index in [1.54, 1.807) is 24.4 Å². The van der Waals surface area contributed by atoms with Gasteiger partial charge in [-0.3, -0.25) is 15.1 Å². The van der Waals surface area contributed by atoms with Gasteiger partial charge in [-0.15, -0.1) is 6.58 Å². The summed E-state index contributed by atoms with van der Waals surface area (Å²) >= 11 is 6.08. The molecule has 0 aliphatic rings. The van der Waals surface area contributed by atoms with Crippen LogP contribution in [0, 0.1) is 10.1 Å². The van der Waals surface area contributed by atoms with Crippen molar-refractivity contribution < 1.29 is 14.4 Å². The standard InChI is InChI=1S/C25H23ClN2O4/c1-3-6-20-13-19(16-27-22-9-11-23(12-10-22)28(29)30)15-24(31-4-2)25(20)32-17-18-7-5-8-21(26)14-18/h3,5,7-16H,1,4,6,17H2,2H3. The minimum Gasteiger partial charge on any atom is -0.490 e. The summed E-state index contributed by atoms with van der Waals surface area (Å²) < 4.78 is 12.0. The van der Waals surface area contributed by atoms with Crippen molar-refractivity contribution in [2.75, 3.05) is 6.61 Å². The Kier molecular flexibility index (Phi) is 8.00. The van der Waals surface area contributed by atoms with Crippen LogP contribution >= 0.6 is 11.6 Å². The highest BCUT2D eigenvalue weighted by Crippen LogP contribution is 2.34. The fourth-order valence-corrected chi connectivity index (χ4v) is 3.30. The van der Waals surface area contributed by atoms with Gasteiger partial charge in [0, 0.05) is 28.9 Å². The van der Waals surface area contributed by atoms with Crippen molar-refractivity contribution in [3.8, 4) is 11.5 Å². The first-order valence-electron chi connectivity index (χ1n) is 10.1. The molecule has 0 N–H and O–H groups in total. The van der Waals surface area contributed by atoms with Gasteiger partial charge in [0.2, 0.25) is 0 Å². The molecular formula is C25H23ClN2O4. The van der Waals surface area contributed by atoms with Gasteiger partial charge in [-0.25, -0.2) is 0 Å². The Labute approximate surface area is 191 Å². The number of nitro groups is 1. The molecule has 3 aromatic rings. The van der Waals surface area contributed by atoms with Crippen LogP contribution in [-0.4, -0.2) is 17.7 Å². The van der Waals surface area contributed by atoms with Crippen LogP contribution in [0.4, 0.5) is 11.4 Å². The van der Waals surface area contributed by atoms with E-state index in [4.69, 9.17) is 21.1 Å². The Morgan fingerprint density at radius 2 is 1.91 bits per heavy atom. The van der Waals surface area contributed by atoms with Gasteiger partial charge in [0.1, 0.15) is 6.61 Å². The number of benzene rings is 3. The van der Waals surface area contributed by atoms with Gasteiger partial charge in [0.25, 0.3) is 5.69 Å². The largest absolute Gasteiger partial charge is 0.490 e. The van der Waals surface area contributed by atoms with Gasteiger partial charge in [-0.2, -0.15) is 0 Å². The molecule has 0 aliphatic carbocycles. The predicted octanol–water partition coefficient (Wildman–Crippen LogP) is 6.71. The number of rotatable bonds is 10. The quantitative estimate of drug-likeness (QED) is 0.149. The number of non-ortho nitro benzene ring substituents is 1. The Morgan fingerprint density at radius 3 is 2.56 bits per heavy atom. The van der Waals surface area contributed by atoms with E-state index >= 15 is 0 Å². The summed E-state index contributed by atoms with van der Waals surface area (Å²) in [5.41, 5.74) is 3.32. The van der Waals surface area contributed by atoms with E-state index < -0.39 is 4.92 Å². The molecule has 0 saturated carbocycles. The van der Waals surface area contributed by atoms with Crippen LogP contribution in [0.2, 0.25) is 5.02 Å². The molecular weight excluding hydrogens is 428 g/mol. The summed E-state index contributed by atoms with van der Waals surface area (Å²) in [5.74, 6) is 1.26. The molecule has 0 heterocycles. The van der Waals surface area contributed by atoms with Crippen molar-refractivity contribution >= 4 is 29.2 Å². The first-order chi connectivity index (χ1) is 15.5. The minimum absolute atomic E-state index is 0.0251. The topological polar surface area (TPSA) is 74.0 Å². The summed E-state index contributed by atoms with van der Waals surface area (Å²) in [4.78, 5) is 14.8. The van der Waals surface area contributed by atoms with Crippen molar-refractivity contribution in [2.24, 2.45) is 4.99 Å². The number of aliphatic imine (C=N–C) groups is 1. The number of allylic oxidation sites excluding steroid dienone is 1. The van der Waals surface area contributed by atoms with Gasteiger partial charge in [0.05, 0.1) is 17.2 Å². The average molecular weight is 451 g/mol. The predicted molar refractivity (Wildman–Crippen MR) is 128 cm³/mol. The second-order valence-electron chi connectivity index (χ2n) is 6.88. The van der Waals surface area contributed by atoms with Crippen molar-refractivity contribution in [1.29, 1.82) is 0 Å². The van der Waals surface area contributed by atoms with E-state index in [-0.39, 0.29) is 5.69 Å². The molecule has 0 aromatic heterocycles. The molecule has 0 radical (unpaired) electrons. The maximum Gasteiger partial charge on any atom is 0.269 e. The zero-order valence-electron chi connectivity index (χ0n) is 17.7. The maximum absolute atomic E-state index is 10.8. The highest BCUT2D eigenvalue weighted by molar-refractivity contribution is 6.30. The van der Waals surface area contributed by atoms with Crippen LogP contribution < -0.4 is 9.47 Å².